The molecule has 0 fully saturated rings. The molecule has 0 saturated carbocycles. The van der Waals surface area contributed by atoms with Crippen LogP contribution in [0.5, 0.6) is 5.75 Å². The molecule has 0 radical (unpaired) electrons. The molecule has 0 aliphatic heterocycles. The summed E-state index contributed by atoms with van der Waals surface area (Å²) in [6, 6.07) is 13.7. The molecule has 1 aromatic carbocycles. The summed E-state index contributed by atoms with van der Waals surface area (Å²) < 4.78 is 5.72. The van der Waals surface area contributed by atoms with E-state index in [0.29, 0.717) is 12.3 Å². The van der Waals surface area contributed by atoms with Crippen LogP contribution in [0, 0.1) is 11.3 Å². The molecule has 0 atom stereocenters. The highest BCUT2D eigenvalue weighted by molar-refractivity contribution is 7.10. The van der Waals surface area contributed by atoms with Crippen LogP contribution < -0.4 is 4.74 Å². The van der Waals surface area contributed by atoms with E-state index >= 15 is 0 Å². The van der Waals surface area contributed by atoms with Gasteiger partial charge in [0.1, 0.15) is 23.4 Å². The van der Waals surface area contributed by atoms with E-state index in [-0.39, 0.29) is 0 Å². The number of benzene rings is 1. The molecule has 2 heterocycles. The van der Waals surface area contributed by atoms with Crippen LogP contribution in [0.15, 0.2) is 54.2 Å². The van der Waals surface area contributed by atoms with Crippen LogP contribution in [-0.4, -0.2) is 9.97 Å². The van der Waals surface area contributed by atoms with Gasteiger partial charge < -0.3 is 4.74 Å². The average Bonchev–Trinajstić information content (AvgIpc) is 3.08. The molecule has 0 N–H and O–H groups in total. The molecule has 3 aromatic rings. The van der Waals surface area contributed by atoms with Gasteiger partial charge in [0.05, 0.1) is 0 Å². The zero-order chi connectivity index (χ0) is 15.9. The number of nitriles is 1. The Bertz CT molecular complexity index is 833. The molecule has 5 heteroatoms. The highest BCUT2D eigenvalue weighted by Crippen LogP contribution is 2.17. The number of hydrogen-bond donors (Lipinski definition) is 0. The zero-order valence-corrected chi connectivity index (χ0v) is 13.0. The van der Waals surface area contributed by atoms with Crippen molar-refractivity contribution in [2.24, 2.45) is 0 Å². The fourth-order valence-corrected chi connectivity index (χ4v) is 2.54. The number of hydrogen-bond acceptors (Lipinski definition) is 5. The van der Waals surface area contributed by atoms with E-state index in [1.54, 1.807) is 17.8 Å². The molecule has 23 heavy (non-hydrogen) atoms. The van der Waals surface area contributed by atoms with Gasteiger partial charge in [-0.2, -0.15) is 5.26 Å². The number of rotatable bonds is 5. The van der Waals surface area contributed by atoms with Gasteiger partial charge in [-0.3, -0.25) is 4.98 Å². The maximum atomic E-state index is 8.75. The monoisotopic (exact) mass is 319 g/mol. The van der Waals surface area contributed by atoms with Crippen LogP contribution in [0.2, 0.25) is 0 Å². The molecule has 0 spiro atoms. The third-order valence-electron chi connectivity index (χ3n) is 3.06. The van der Waals surface area contributed by atoms with E-state index in [4.69, 9.17) is 10.00 Å². The molecule has 3 rings (SSSR count). The van der Waals surface area contributed by atoms with Crippen LogP contribution in [-0.2, 0) is 6.61 Å². The van der Waals surface area contributed by atoms with Crippen molar-refractivity contribution < 1.29 is 4.74 Å². The Morgan fingerprint density at radius 3 is 2.74 bits per heavy atom. The van der Waals surface area contributed by atoms with E-state index in [9.17, 15) is 0 Å². The van der Waals surface area contributed by atoms with Crippen LogP contribution >= 0.6 is 11.3 Å². The molecular weight excluding hydrogens is 306 g/mol. The molecular formula is C18H13N3OS. The van der Waals surface area contributed by atoms with Crippen LogP contribution in [0.4, 0.5) is 0 Å². The number of ether oxygens (including phenoxy) is 1. The van der Waals surface area contributed by atoms with E-state index in [0.717, 1.165) is 21.9 Å². The largest absolute Gasteiger partial charge is 0.489 e. The summed E-state index contributed by atoms with van der Waals surface area (Å²) in [5.41, 5.74) is 2.54. The number of pyridine rings is 1. The van der Waals surface area contributed by atoms with Gasteiger partial charge in [-0.25, -0.2) is 4.98 Å². The first-order chi connectivity index (χ1) is 11.3. The summed E-state index contributed by atoms with van der Waals surface area (Å²) in [5, 5.41) is 11.3. The van der Waals surface area contributed by atoms with Gasteiger partial charge >= 0.3 is 0 Å². The number of nitrogens with zero attached hydrogens (tertiary/aromatic N) is 3. The molecule has 112 valence electrons. The van der Waals surface area contributed by atoms with Crippen molar-refractivity contribution in [3.05, 3.63) is 76.0 Å². The van der Waals surface area contributed by atoms with E-state index in [1.807, 2.05) is 54.6 Å². The highest BCUT2D eigenvalue weighted by atomic mass is 32.1. The third-order valence-corrected chi connectivity index (χ3v) is 3.87. The standard InChI is InChI=1S/C18H13N3OS/c19-10-16-13-23-18(21-16)8-5-14-3-6-17(7-4-14)22-12-15-2-1-9-20-11-15/h1-9,11,13H,12H2/b8-5+. The summed E-state index contributed by atoms with van der Waals surface area (Å²) in [5.74, 6) is 0.812. The lowest BCUT2D eigenvalue weighted by atomic mass is 10.2. The van der Waals surface area contributed by atoms with Crippen LogP contribution in [0.25, 0.3) is 12.2 Å². The van der Waals surface area contributed by atoms with Crippen molar-refractivity contribution in [2.45, 2.75) is 6.61 Å². The lowest BCUT2D eigenvalue weighted by Gasteiger charge is -2.06. The summed E-state index contributed by atoms with van der Waals surface area (Å²) in [6.07, 6.45) is 7.40. The second kappa shape index (κ2) is 7.34. The number of thiazole rings is 1. The third kappa shape index (κ3) is 4.25. The first kappa shape index (κ1) is 14.9. The van der Waals surface area contributed by atoms with Crippen LogP contribution in [0.3, 0.4) is 0 Å². The lowest BCUT2D eigenvalue weighted by molar-refractivity contribution is 0.306. The summed E-state index contributed by atoms with van der Waals surface area (Å²) >= 11 is 1.45. The van der Waals surface area contributed by atoms with Gasteiger partial charge in [-0.15, -0.1) is 11.3 Å². The van der Waals surface area contributed by atoms with Gasteiger partial charge in [0, 0.05) is 23.3 Å². The fourth-order valence-electron chi connectivity index (χ4n) is 1.91. The summed E-state index contributed by atoms with van der Waals surface area (Å²) in [4.78, 5) is 8.22. The molecule has 0 aliphatic rings. The average molecular weight is 319 g/mol. The maximum absolute atomic E-state index is 8.75. The SMILES string of the molecule is N#Cc1csc(/C=C/c2ccc(OCc3cccnc3)cc2)n1. The predicted molar refractivity (Wildman–Crippen MR) is 90.8 cm³/mol. The zero-order valence-electron chi connectivity index (χ0n) is 12.2. The Morgan fingerprint density at radius 1 is 1.17 bits per heavy atom. The molecule has 0 amide bonds. The minimum absolute atomic E-state index is 0.453. The molecule has 0 saturated heterocycles. The van der Waals surface area contributed by atoms with Crippen molar-refractivity contribution in [2.75, 3.05) is 0 Å². The van der Waals surface area contributed by atoms with E-state index in [1.165, 1.54) is 11.3 Å². The molecule has 2 aromatic heterocycles. The van der Waals surface area contributed by atoms with Gasteiger partial charge in [-0.05, 0) is 29.8 Å². The smallest absolute Gasteiger partial charge is 0.152 e. The first-order valence-corrected chi connectivity index (χ1v) is 7.87. The maximum Gasteiger partial charge on any atom is 0.152 e. The second-order valence-corrected chi connectivity index (χ2v) is 5.62. The van der Waals surface area contributed by atoms with Crippen molar-refractivity contribution in [3.8, 4) is 11.8 Å². The summed E-state index contributed by atoms with van der Waals surface area (Å²) in [7, 11) is 0. The fraction of sp³-hybridized carbons (Fsp3) is 0.0556. The minimum atomic E-state index is 0.453. The van der Waals surface area contributed by atoms with Crippen molar-refractivity contribution in [3.63, 3.8) is 0 Å². The van der Waals surface area contributed by atoms with Crippen molar-refractivity contribution in [1.82, 2.24) is 9.97 Å². The first-order valence-electron chi connectivity index (χ1n) is 6.99. The normalized spacial score (nSPS) is 10.6. The molecule has 0 bridgehead atoms. The second-order valence-electron chi connectivity index (χ2n) is 4.74. The predicted octanol–water partition coefficient (Wildman–Crippen LogP) is 4.16. The van der Waals surface area contributed by atoms with E-state index < -0.39 is 0 Å². The van der Waals surface area contributed by atoms with Gasteiger partial charge in [0.15, 0.2) is 5.69 Å². The number of aromatic nitrogens is 2. The van der Waals surface area contributed by atoms with Crippen molar-refractivity contribution in [1.29, 1.82) is 5.26 Å². The Hall–Kier alpha value is -2.97. The Morgan fingerprint density at radius 2 is 2.04 bits per heavy atom. The van der Waals surface area contributed by atoms with Gasteiger partial charge in [0.25, 0.3) is 0 Å². The van der Waals surface area contributed by atoms with Gasteiger partial charge in [-0.1, -0.05) is 24.3 Å². The lowest BCUT2D eigenvalue weighted by Crippen LogP contribution is -1.95. The molecule has 0 aliphatic carbocycles. The quantitative estimate of drug-likeness (QED) is 0.708. The molecule has 4 nitrogen and oxygen atoms in total. The van der Waals surface area contributed by atoms with Crippen molar-refractivity contribution >= 4 is 23.5 Å². The summed E-state index contributed by atoms with van der Waals surface area (Å²) in [6.45, 7) is 0.499. The minimum Gasteiger partial charge on any atom is -0.489 e. The Balaban J connectivity index is 1.59. The Kier molecular flexibility index (Phi) is 4.77. The highest BCUT2D eigenvalue weighted by Gasteiger charge is 1.98. The van der Waals surface area contributed by atoms with Gasteiger partial charge in [0.2, 0.25) is 0 Å². The van der Waals surface area contributed by atoms with Crippen LogP contribution in [0.1, 0.15) is 21.8 Å². The Labute approximate surface area is 138 Å². The van der Waals surface area contributed by atoms with E-state index in [2.05, 4.69) is 9.97 Å². The molecule has 0 unspecified atom stereocenters. The topological polar surface area (TPSA) is 58.8 Å².